The van der Waals surface area contributed by atoms with Crippen LogP contribution in [0, 0.1) is 12.8 Å². The zero-order chi connectivity index (χ0) is 19.2. The Kier molecular flexibility index (Phi) is 6.24. The van der Waals surface area contributed by atoms with Crippen LogP contribution < -0.4 is 5.32 Å². The summed E-state index contributed by atoms with van der Waals surface area (Å²) in [7, 11) is 0. The third-order valence-corrected chi connectivity index (χ3v) is 4.94. The number of nitrogens with one attached hydrogen (secondary N) is 1. The average Bonchev–Trinajstić information content (AvgIpc) is 3.21. The van der Waals surface area contributed by atoms with Gasteiger partial charge in [-0.2, -0.15) is 0 Å². The van der Waals surface area contributed by atoms with Crippen molar-refractivity contribution in [3.63, 3.8) is 0 Å². The summed E-state index contributed by atoms with van der Waals surface area (Å²) < 4.78 is 5.42. The maximum absolute atomic E-state index is 13.0. The number of ether oxygens (including phenoxy) is 1. The molecule has 2 aromatic carbocycles. The van der Waals surface area contributed by atoms with Crippen LogP contribution in [0.5, 0.6) is 0 Å². The molecule has 142 valence electrons. The number of carbonyl (C=O) groups is 2. The second-order valence-corrected chi connectivity index (χ2v) is 6.92. The summed E-state index contributed by atoms with van der Waals surface area (Å²) in [6.07, 6.45) is 0.996. The second kappa shape index (κ2) is 8.82. The minimum absolute atomic E-state index is 0.0142. The fraction of sp³-hybridized carbons (Fsp3) is 0.364. The third kappa shape index (κ3) is 4.74. The summed E-state index contributed by atoms with van der Waals surface area (Å²) in [5, 5.41) is 2.92. The van der Waals surface area contributed by atoms with Crippen LogP contribution in [0.4, 0.5) is 5.69 Å². The van der Waals surface area contributed by atoms with Crippen LogP contribution in [0.2, 0.25) is 0 Å². The van der Waals surface area contributed by atoms with Gasteiger partial charge in [0.05, 0.1) is 6.61 Å². The Hall–Kier alpha value is -2.66. The molecular formula is C22H26N2O3. The maximum atomic E-state index is 13.0. The molecule has 2 amide bonds. The monoisotopic (exact) mass is 366 g/mol. The standard InChI is InChI=1S/C22H26N2O3/c1-3-24(14-17-11-12-27-15-17)22(26)19-10-9-16(2)20(13-19)23-21(25)18-7-5-4-6-8-18/h4-10,13,17H,3,11-12,14-15H2,1-2H3,(H,23,25). The van der Waals surface area contributed by atoms with Crippen LogP contribution in [-0.4, -0.2) is 43.0 Å². The van der Waals surface area contributed by atoms with Gasteiger partial charge in [-0.15, -0.1) is 0 Å². The van der Waals surface area contributed by atoms with Crippen molar-refractivity contribution in [3.05, 3.63) is 65.2 Å². The van der Waals surface area contributed by atoms with E-state index in [4.69, 9.17) is 4.74 Å². The molecule has 1 fully saturated rings. The quantitative estimate of drug-likeness (QED) is 0.847. The molecule has 5 heteroatoms. The normalized spacial score (nSPS) is 16.1. The Morgan fingerprint density at radius 3 is 2.59 bits per heavy atom. The lowest BCUT2D eigenvalue weighted by Gasteiger charge is -2.24. The molecule has 0 radical (unpaired) electrons. The predicted octanol–water partition coefficient (Wildman–Crippen LogP) is 3.75. The van der Waals surface area contributed by atoms with Gasteiger partial charge in [0.15, 0.2) is 0 Å². The molecule has 2 aromatic rings. The SMILES string of the molecule is CCN(CC1CCOC1)C(=O)c1ccc(C)c(NC(=O)c2ccccc2)c1. The van der Waals surface area contributed by atoms with Gasteiger partial charge in [-0.1, -0.05) is 24.3 Å². The van der Waals surface area contributed by atoms with Crippen LogP contribution in [0.1, 0.15) is 39.6 Å². The molecule has 1 unspecified atom stereocenters. The van der Waals surface area contributed by atoms with Gasteiger partial charge >= 0.3 is 0 Å². The number of carbonyl (C=O) groups excluding carboxylic acids is 2. The van der Waals surface area contributed by atoms with Gasteiger partial charge in [-0.05, 0) is 50.1 Å². The number of aryl methyl sites for hydroxylation is 1. The largest absolute Gasteiger partial charge is 0.381 e. The Morgan fingerprint density at radius 1 is 1.15 bits per heavy atom. The molecule has 1 saturated heterocycles. The van der Waals surface area contributed by atoms with Crippen molar-refractivity contribution in [3.8, 4) is 0 Å². The van der Waals surface area contributed by atoms with Gasteiger partial charge in [0.2, 0.25) is 0 Å². The molecule has 1 aliphatic heterocycles. The molecule has 0 aromatic heterocycles. The molecular weight excluding hydrogens is 340 g/mol. The zero-order valence-electron chi connectivity index (χ0n) is 15.9. The van der Waals surface area contributed by atoms with Crippen LogP contribution in [0.15, 0.2) is 48.5 Å². The minimum Gasteiger partial charge on any atom is -0.381 e. The van der Waals surface area contributed by atoms with E-state index in [0.717, 1.165) is 25.2 Å². The van der Waals surface area contributed by atoms with Gasteiger partial charge in [-0.25, -0.2) is 0 Å². The van der Waals surface area contributed by atoms with Crippen LogP contribution in [0.25, 0.3) is 0 Å². The summed E-state index contributed by atoms with van der Waals surface area (Å²) in [6, 6.07) is 14.5. The molecule has 0 spiro atoms. The first kappa shape index (κ1) is 19.1. The fourth-order valence-electron chi connectivity index (χ4n) is 3.25. The van der Waals surface area contributed by atoms with Crippen LogP contribution in [-0.2, 0) is 4.74 Å². The van der Waals surface area contributed by atoms with Crippen molar-refractivity contribution in [2.45, 2.75) is 20.3 Å². The molecule has 5 nitrogen and oxygen atoms in total. The van der Waals surface area contributed by atoms with E-state index in [1.165, 1.54) is 0 Å². The molecule has 3 rings (SSSR count). The van der Waals surface area contributed by atoms with E-state index in [2.05, 4.69) is 5.32 Å². The molecule has 1 aliphatic rings. The van der Waals surface area contributed by atoms with Crippen molar-refractivity contribution in [2.75, 3.05) is 31.6 Å². The molecule has 0 aliphatic carbocycles. The van der Waals surface area contributed by atoms with Crippen LogP contribution in [0.3, 0.4) is 0 Å². The fourth-order valence-corrected chi connectivity index (χ4v) is 3.25. The lowest BCUT2D eigenvalue weighted by molar-refractivity contribution is 0.0730. The highest BCUT2D eigenvalue weighted by Gasteiger charge is 2.23. The Morgan fingerprint density at radius 2 is 1.93 bits per heavy atom. The molecule has 1 heterocycles. The third-order valence-electron chi connectivity index (χ3n) is 4.94. The van der Waals surface area contributed by atoms with Crippen LogP contribution >= 0.6 is 0 Å². The summed E-state index contributed by atoms with van der Waals surface area (Å²) in [4.78, 5) is 27.3. The van der Waals surface area contributed by atoms with E-state index < -0.39 is 0 Å². The Balaban J connectivity index is 1.75. The lowest BCUT2D eigenvalue weighted by Crippen LogP contribution is -2.35. The van der Waals surface area contributed by atoms with E-state index in [1.54, 1.807) is 18.2 Å². The number of benzene rings is 2. The summed E-state index contributed by atoms with van der Waals surface area (Å²) in [5.74, 6) is 0.204. The van der Waals surface area contributed by atoms with E-state index in [9.17, 15) is 9.59 Å². The first-order chi connectivity index (χ1) is 13.1. The topological polar surface area (TPSA) is 58.6 Å². The maximum Gasteiger partial charge on any atom is 0.255 e. The van der Waals surface area contributed by atoms with Gasteiger partial charge in [-0.3, -0.25) is 9.59 Å². The molecule has 0 bridgehead atoms. The van der Waals surface area contributed by atoms with Gasteiger partial charge in [0.25, 0.3) is 11.8 Å². The predicted molar refractivity (Wildman–Crippen MR) is 106 cm³/mol. The smallest absolute Gasteiger partial charge is 0.255 e. The number of nitrogens with zero attached hydrogens (tertiary/aromatic N) is 1. The second-order valence-electron chi connectivity index (χ2n) is 6.92. The molecule has 1 N–H and O–H groups in total. The van der Waals surface area contributed by atoms with E-state index >= 15 is 0 Å². The lowest BCUT2D eigenvalue weighted by atomic mass is 10.1. The highest BCUT2D eigenvalue weighted by atomic mass is 16.5. The summed E-state index contributed by atoms with van der Waals surface area (Å²) in [6.45, 7) is 6.75. The van der Waals surface area contributed by atoms with Gasteiger partial charge in [0.1, 0.15) is 0 Å². The first-order valence-corrected chi connectivity index (χ1v) is 9.42. The van der Waals surface area contributed by atoms with Gasteiger partial charge in [0, 0.05) is 42.4 Å². The number of amides is 2. The van der Waals surface area contributed by atoms with Crippen molar-refractivity contribution in [1.82, 2.24) is 4.90 Å². The van der Waals surface area contributed by atoms with E-state index in [0.29, 0.717) is 35.8 Å². The van der Waals surface area contributed by atoms with E-state index in [-0.39, 0.29) is 11.8 Å². The molecule has 27 heavy (non-hydrogen) atoms. The van der Waals surface area contributed by atoms with Crippen molar-refractivity contribution >= 4 is 17.5 Å². The van der Waals surface area contributed by atoms with Crippen molar-refractivity contribution in [1.29, 1.82) is 0 Å². The molecule has 0 saturated carbocycles. The number of hydrogen-bond acceptors (Lipinski definition) is 3. The zero-order valence-corrected chi connectivity index (χ0v) is 15.9. The Bertz CT molecular complexity index is 798. The number of hydrogen-bond donors (Lipinski definition) is 1. The Labute approximate surface area is 160 Å². The average molecular weight is 366 g/mol. The minimum atomic E-state index is -0.182. The van der Waals surface area contributed by atoms with E-state index in [1.807, 2.05) is 49.1 Å². The first-order valence-electron chi connectivity index (χ1n) is 9.42. The summed E-state index contributed by atoms with van der Waals surface area (Å²) in [5.41, 5.74) is 2.76. The highest BCUT2D eigenvalue weighted by molar-refractivity contribution is 6.05. The summed E-state index contributed by atoms with van der Waals surface area (Å²) >= 11 is 0. The number of rotatable bonds is 6. The molecule has 1 atom stereocenters. The number of anilines is 1. The highest BCUT2D eigenvalue weighted by Crippen LogP contribution is 2.21. The van der Waals surface area contributed by atoms with Gasteiger partial charge < -0.3 is 15.0 Å². The van der Waals surface area contributed by atoms with Crippen molar-refractivity contribution < 1.29 is 14.3 Å². The van der Waals surface area contributed by atoms with Crippen molar-refractivity contribution in [2.24, 2.45) is 5.92 Å².